The molecule has 0 bridgehead atoms. The Bertz CT molecular complexity index is 788. The molecule has 1 atom stereocenters. The van der Waals surface area contributed by atoms with E-state index in [9.17, 15) is 9.59 Å². The Morgan fingerprint density at radius 2 is 1.77 bits per heavy atom. The number of piperidine rings is 1. The average molecular weight is 488 g/mol. The second-order valence-corrected chi connectivity index (χ2v) is 10.5. The van der Waals surface area contributed by atoms with E-state index in [2.05, 4.69) is 41.5 Å². The predicted molar refractivity (Wildman–Crippen MR) is 138 cm³/mol. The van der Waals surface area contributed by atoms with Crippen LogP contribution in [-0.4, -0.2) is 62.2 Å². The predicted octanol–water partition coefficient (Wildman–Crippen LogP) is 3.91. The van der Waals surface area contributed by atoms with Crippen LogP contribution < -0.4 is 15.4 Å². The first-order chi connectivity index (χ1) is 16.9. The summed E-state index contributed by atoms with van der Waals surface area (Å²) in [6.45, 7) is 11.4. The molecule has 1 spiro atoms. The second-order valence-electron chi connectivity index (χ2n) is 10.5. The number of hydrogen-bond donors (Lipinski definition) is 2. The summed E-state index contributed by atoms with van der Waals surface area (Å²) in [6, 6.07) is 7.82. The fraction of sp³-hybridized carbons (Fsp3) is 0.714. The van der Waals surface area contributed by atoms with E-state index in [0.717, 1.165) is 63.9 Å². The molecule has 2 fully saturated rings. The van der Waals surface area contributed by atoms with Crippen molar-refractivity contribution in [1.82, 2.24) is 15.5 Å². The molecule has 2 aliphatic rings. The molecule has 0 aromatic heterocycles. The second kappa shape index (κ2) is 13.8. The van der Waals surface area contributed by atoms with Crippen LogP contribution in [0, 0.1) is 11.3 Å². The summed E-state index contributed by atoms with van der Waals surface area (Å²) in [7, 11) is 0. The third-order valence-electron chi connectivity index (χ3n) is 7.22. The monoisotopic (exact) mass is 487 g/mol. The lowest BCUT2D eigenvalue weighted by atomic mass is 9.73. The number of ether oxygens (including phenoxy) is 2. The van der Waals surface area contributed by atoms with Gasteiger partial charge in [0.15, 0.2) is 0 Å². The van der Waals surface area contributed by atoms with Crippen LogP contribution in [0.5, 0.6) is 5.75 Å². The molecule has 7 heteroatoms. The topological polar surface area (TPSA) is 79.9 Å². The van der Waals surface area contributed by atoms with Gasteiger partial charge in [-0.1, -0.05) is 32.4 Å². The third-order valence-corrected chi connectivity index (χ3v) is 7.22. The van der Waals surface area contributed by atoms with Crippen LogP contribution in [0.1, 0.15) is 71.3 Å². The zero-order valence-electron chi connectivity index (χ0n) is 21.9. The number of rotatable bonds is 6. The van der Waals surface area contributed by atoms with Crippen molar-refractivity contribution in [2.75, 3.05) is 39.5 Å². The smallest absolute Gasteiger partial charge is 0.242 e. The lowest BCUT2D eigenvalue weighted by molar-refractivity contribution is -0.138. The molecule has 196 valence electrons. The van der Waals surface area contributed by atoms with Gasteiger partial charge in [0.05, 0.1) is 12.0 Å². The van der Waals surface area contributed by atoms with E-state index in [4.69, 9.17) is 9.47 Å². The van der Waals surface area contributed by atoms with Crippen LogP contribution in [0.3, 0.4) is 0 Å². The number of amides is 2. The van der Waals surface area contributed by atoms with E-state index >= 15 is 0 Å². The van der Waals surface area contributed by atoms with Gasteiger partial charge in [-0.2, -0.15) is 0 Å². The van der Waals surface area contributed by atoms with Gasteiger partial charge < -0.3 is 20.1 Å². The summed E-state index contributed by atoms with van der Waals surface area (Å²) in [4.78, 5) is 29.0. The molecule has 2 amide bonds. The van der Waals surface area contributed by atoms with E-state index in [0.29, 0.717) is 38.7 Å². The first kappa shape index (κ1) is 27.5. The highest BCUT2D eigenvalue weighted by Crippen LogP contribution is 2.38. The Balaban J connectivity index is 1.66. The van der Waals surface area contributed by atoms with Crippen molar-refractivity contribution in [3.8, 4) is 5.75 Å². The van der Waals surface area contributed by atoms with Gasteiger partial charge in [-0.15, -0.1) is 0 Å². The average Bonchev–Trinajstić information content (AvgIpc) is 2.84. The van der Waals surface area contributed by atoms with Crippen molar-refractivity contribution in [2.24, 2.45) is 11.3 Å². The molecule has 2 heterocycles. The molecule has 35 heavy (non-hydrogen) atoms. The first-order valence-electron chi connectivity index (χ1n) is 13.5. The van der Waals surface area contributed by atoms with Gasteiger partial charge >= 0.3 is 0 Å². The minimum Gasteiger partial charge on any atom is -0.494 e. The molecule has 0 radical (unpaired) electrons. The van der Waals surface area contributed by atoms with Gasteiger partial charge in [-0.05, 0) is 82.2 Å². The molecular weight excluding hydrogens is 442 g/mol. The number of benzene rings is 1. The lowest BCUT2D eigenvalue weighted by Crippen LogP contribution is -2.55. The van der Waals surface area contributed by atoms with Crippen molar-refractivity contribution in [2.45, 2.75) is 78.3 Å². The lowest BCUT2D eigenvalue weighted by Gasteiger charge is -2.41. The minimum absolute atomic E-state index is 0.0528. The van der Waals surface area contributed by atoms with Crippen LogP contribution in [0.2, 0.25) is 0 Å². The highest BCUT2D eigenvalue weighted by Gasteiger charge is 2.42. The maximum atomic E-state index is 13.7. The van der Waals surface area contributed by atoms with E-state index in [1.165, 1.54) is 5.56 Å². The summed E-state index contributed by atoms with van der Waals surface area (Å²) in [5.41, 5.74) is 0.834. The van der Waals surface area contributed by atoms with Crippen molar-refractivity contribution in [1.29, 1.82) is 0 Å². The zero-order chi connectivity index (χ0) is 25.1. The Morgan fingerprint density at radius 1 is 1.06 bits per heavy atom. The normalized spacial score (nSPS) is 22.9. The number of nitrogens with zero attached hydrogens (tertiary/aromatic N) is 1. The molecule has 2 saturated heterocycles. The van der Waals surface area contributed by atoms with Gasteiger partial charge in [0.2, 0.25) is 11.8 Å². The van der Waals surface area contributed by atoms with Crippen LogP contribution in [0.25, 0.3) is 0 Å². The van der Waals surface area contributed by atoms with Crippen LogP contribution in [0.4, 0.5) is 0 Å². The number of carbonyl (C=O) groups excluding carboxylic acids is 2. The Hall–Kier alpha value is -2.12. The molecule has 3 rings (SSSR count). The fourth-order valence-corrected chi connectivity index (χ4v) is 5.14. The van der Waals surface area contributed by atoms with Crippen molar-refractivity contribution < 1.29 is 19.1 Å². The Kier molecular flexibility index (Phi) is 10.9. The molecule has 7 nitrogen and oxygen atoms in total. The van der Waals surface area contributed by atoms with Gasteiger partial charge in [0.25, 0.3) is 0 Å². The van der Waals surface area contributed by atoms with Gasteiger partial charge in [0.1, 0.15) is 11.8 Å². The molecule has 0 saturated carbocycles. The first-order valence-corrected chi connectivity index (χ1v) is 13.5. The standard InChI is InChI=1S/C28H45N3O4/c1-4-35-24-10-8-23(9-11-24)21-31-16-13-28(14-17-31)12-5-6-18-34-19-7-15-29-26(32)25(20-22(2)3)30-27(28)33/h8-11,22,25H,4-7,12-21H2,1-3H3,(H,29,32)(H,30,33)/t25-/m0/s1. The Labute approximate surface area is 211 Å². The fourth-order valence-electron chi connectivity index (χ4n) is 5.14. The molecule has 2 aliphatic heterocycles. The molecular formula is C28H45N3O4. The Morgan fingerprint density at radius 3 is 2.46 bits per heavy atom. The molecule has 0 aliphatic carbocycles. The molecule has 1 aromatic rings. The van der Waals surface area contributed by atoms with Crippen LogP contribution in [0.15, 0.2) is 24.3 Å². The maximum absolute atomic E-state index is 13.7. The van der Waals surface area contributed by atoms with Crippen molar-refractivity contribution in [3.63, 3.8) is 0 Å². The largest absolute Gasteiger partial charge is 0.494 e. The highest BCUT2D eigenvalue weighted by molar-refractivity contribution is 5.90. The summed E-state index contributed by atoms with van der Waals surface area (Å²) in [5, 5.41) is 6.18. The van der Waals surface area contributed by atoms with E-state index in [1.54, 1.807) is 0 Å². The van der Waals surface area contributed by atoms with E-state index in [-0.39, 0.29) is 11.8 Å². The van der Waals surface area contributed by atoms with Crippen molar-refractivity contribution >= 4 is 11.8 Å². The van der Waals surface area contributed by atoms with Crippen molar-refractivity contribution in [3.05, 3.63) is 29.8 Å². The van der Waals surface area contributed by atoms with Gasteiger partial charge in [0, 0.05) is 26.3 Å². The maximum Gasteiger partial charge on any atom is 0.242 e. The van der Waals surface area contributed by atoms with Gasteiger partial charge in [-0.3, -0.25) is 14.5 Å². The van der Waals surface area contributed by atoms with E-state index < -0.39 is 11.5 Å². The van der Waals surface area contributed by atoms with Crippen LogP contribution in [-0.2, 0) is 20.9 Å². The quantitative estimate of drug-likeness (QED) is 0.636. The summed E-state index contributed by atoms with van der Waals surface area (Å²) in [5.74, 6) is 1.19. The third kappa shape index (κ3) is 8.50. The summed E-state index contributed by atoms with van der Waals surface area (Å²) in [6.07, 6.45) is 5.84. The SMILES string of the molecule is CCOc1ccc(CN2CCC3(CCCCOCCCNC(=O)[C@H](CC(C)C)NC3=O)CC2)cc1. The minimum atomic E-state index is -0.481. The highest BCUT2D eigenvalue weighted by atomic mass is 16.5. The van der Waals surface area contributed by atoms with Gasteiger partial charge in [-0.25, -0.2) is 0 Å². The summed E-state index contributed by atoms with van der Waals surface area (Å²) < 4.78 is 11.3. The number of hydrogen-bond acceptors (Lipinski definition) is 5. The van der Waals surface area contributed by atoms with Crippen LogP contribution >= 0.6 is 0 Å². The molecule has 1 aromatic carbocycles. The molecule has 0 unspecified atom stereocenters. The zero-order valence-corrected chi connectivity index (χ0v) is 21.9. The summed E-state index contributed by atoms with van der Waals surface area (Å²) >= 11 is 0. The number of carbonyl (C=O) groups is 2. The molecule has 2 N–H and O–H groups in total. The number of likely N-dealkylation sites (tertiary alicyclic amines) is 1. The number of nitrogens with one attached hydrogen (secondary N) is 2. The van der Waals surface area contributed by atoms with E-state index in [1.807, 2.05) is 19.1 Å².